The predicted octanol–water partition coefficient (Wildman–Crippen LogP) is 5.43. The lowest BCUT2D eigenvalue weighted by atomic mass is 9.90. The number of carbonyl (C=O) groups is 2. The summed E-state index contributed by atoms with van der Waals surface area (Å²) in [5, 5.41) is 1.48. The Morgan fingerprint density at radius 1 is 0.838 bits per heavy atom. The van der Waals surface area contributed by atoms with Gasteiger partial charge in [-0.1, -0.05) is 37.3 Å². The van der Waals surface area contributed by atoms with E-state index in [0.29, 0.717) is 29.3 Å². The highest BCUT2D eigenvalue weighted by molar-refractivity contribution is 6.23. The number of nitrogens with zero attached hydrogens (tertiary/aromatic N) is 2. The summed E-state index contributed by atoms with van der Waals surface area (Å²) in [4.78, 5) is 34.2. The van der Waals surface area contributed by atoms with E-state index in [1.54, 1.807) is 48.5 Å². The van der Waals surface area contributed by atoms with Gasteiger partial charge in [-0.05, 0) is 60.5 Å². The molecular weight excluding hydrogens is 489 g/mol. The third kappa shape index (κ3) is 4.84. The average molecular weight is 512 g/mol. The first-order valence-electron chi connectivity index (χ1n) is 11.7. The number of halogens is 3. The van der Waals surface area contributed by atoms with Crippen LogP contribution < -0.4 is 19.4 Å². The van der Waals surface area contributed by atoms with Crippen molar-refractivity contribution in [2.45, 2.75) is 31.9 Å². The Hall–Kier alpha value is -4.05. The largest absolute Gasteiger partial charge is 0.573 e. The van der Waals surface area contributed by atoms with Crippen molar-refractivity contribution < 1.29 is 37.1 Å². The summed E-state index contributed by atoms with van der Waals surface area (Å²) in [5.74, 6) is -1.67. The number of amides is 2. The number of alkyl halides is 3. The minimum atomic E-state index is -4.83. The number of fused-ring (bicyclic) bond motifs is 1. The molecule has 2 fully saturated rings. The number of para-hydroxylation sites is 1. The molecule has 2 aliphatic heterocycles. The van der Waals surface area contributed by atoms with Crippen LogP contribution in [-0.4, -0.2) is 30.9 Å². The zero-order chi connectivity index (χ0) is 26.2. The second kappa shape index (κ2) is 9.78. The molecule has 7 nitrogen and oxygen atoms in total. The Morgan fingerprint density at radius 3 is 2.11 bits per heavy atom. The number of hydrogen-bond acceptors (Lipinski definition) is 6. The Morgan fingerprint density at radius 2 is 1.49 bits per heavy atom. The molecule has 0 saturated carbocycles. The summed E-state index contributed by atoms with van der Waals surface area (Å²) < 4.78 is 47.5. The summed E-state index contributed by atoms with van der Waals surface area (Å²) in [6, 6.07) is 20.0. The van der Waals surface area contributed by atoms with Crippen LogP contribution in [0.2, 0.25) is 0 Å². The predicted molar refractivity (Wildman–Crippen MR) is 128 cm³/mol. The van der Waals surface area contributed by atoms with E-state index in [0.717, 1.165) is 11.3 Å². The normalized spacial score (nSPS) is 21.4. The van der Waals surface area contributed by atoms with Gasteiger partial charge in [-0.25, -0.2) is 9.96 Å². The first kappa shape index (κ1) is 24.6. The van der Waals surface area contributed by atoms with E-state index in [2.05, 4.69) is 4.74 Å². The van der Waals surface area contributed by atoms with Gasteiger partial charge < -0.3 is 9.47 Å². The van der Waals surface area contributed by atoms with Crippen molar-refractivity contribution >= 4 is 23.2 Å². The van der Waals surface area contributed by atoms with Crippen molar-refractivity contribution in [1.29, 1.82) is 0 Å². The van der Waals surface area contributed by atoms with Gasteiger partial charge in [0.15, 0.2) is 6.10 Å². The van der Waals surface area contributed by atoms with Crippen LogP contribution in [-0.2, 0) is 14.4 Å². The number of hydrogen-bond donors (Lipinski definition) is 0. The summed E-state index contributed by atoms with van der Waals surface area (Å²) in [6.07, 6.45) is -5.08. The van der Waals surface area contributed by atoms with Crippen LogP contribution in [0.5, 0.6) is 11.5 Å². The molecule has 0 bridgehead atoms. The van der Waals surface area contributed by atoms with E-state index in [9.17, 15) is 22.8 Å². The number of ether oxygens (including phenoxy) is 2. The topological polar surface area (TPSA) is 68.3 Å². The molecule has 0 N–H and O–H groups in total. The highest BCUT2D eigenvalue weighted by atomic mass is 19.4. The minimum absolute atomic E-state index is 0.385. The maximum absolute atomic E-state index is 13.7. The first-order valence-corrected chi connectivity index (χ1v) is 11.7. The monoisotopic (exact) mass is 512 g/mol. The highest BCUT2D eigenvalue weighted by Crippen LogP contribution is 2.48. The lowest BCUT2D eigenvalue weighted by molar-refractivity contribution is -0.274. The number of hydroxylamine groups is 1. The van der Waals surface area contributed by atoms with Crippen LogP contribution in [0.3, 0.4) is 0 Å². The van der Waals surface area contributed by atoms with E-state index in [1.165, 1.54) is 29.3 Å². The third-order valence-corrected chi connectivity index (χ3v) is 6.15. The van der Waals surface area contributed by atoms with E-state index in [1.807, 2.05) is 13.0 Å². The smallest absolute Gasteiger partial charge is 0.494 e. The Labute approximate surface area is 210 Å². The van der Waals surface area contributed by atoms with E-state index in [-0.39, 0.29) is 5.75 Å². The SMILES string of the molecule is CCCOc1ccc(N2C(=O)[C@@H]3[C@@H](c4ccc(OC(F)(F)F)cc4)N(c4ccccc4)O[C@H]3C2=O)cc1. The molecule has 3 aromatic rings. The van der Waals surface area contributed by atoms with E-state index < -0.39 is 36.2 Å². The van der Waals surface area contributed by atoms with Gasteiger partial charge in [0.1, 0.15) is 17.4 Å². The van der Waals surface area contributed by atoms with Gasteiger partial charge in [-0.15, -0.1) is 13.2 Å². The summed E-state index contributed by atoms with van der Waals surface area (Å²) in [5.41, 5.74) is 1.48. The van der Waals surface area contributed by atoms with Crippen LogP contribution in [0.1, 0.15) is 24.9 Å². The molecule has 192 valence electrons. The molecule has 2 amide bonds. The highest BCUT2D eigenvalue weighted by Gasteiger charge is 2.60. The molecule has 0 unspecified atom stereocenters. The fraction of sp³-hybridized carbons (Fsp3) is 0.259. The van der Waals surface area contributed by atoms with Crippen molar-refractivity contribution in [3.05, 3.63) is 84.4 Å². The number of carbonyl (C=O) groups excluding carboxylic acids is 2. The van der Waals surface area contributed by atoms with Gasteiger partial charge in [0.2, 0.25) is 5.91 Å². The van der Waals surface area contributed by atoms with Gasteiger partial charge in [0.25, 0.3) is 5.91 Å². The fourth-order valence-electron chi connectivity index (χ4n) is 4.58. The summed E-state index contributed by atoms with van der Waals surface area (Å²) in [7, 11) is 0. The van der Waals surface area contributed by atoms with Crippen LogP contribution in [0.4, 0.5) is 24.5 Å². The molecule has 0 aromatic heterocycles. The molecule has 10 heteroatoms. The molecule has 0 radical (unpaired) electrons. The van der Waals surface area contributed by atoms with E-state index >= 15 is 0 Å². The van der Waals surface area contributed by atoms with Crippen LogP contribution in [0.25, 0.3) is 0 Å². The standard InChI is InChI=1S/C27H23F3N2O5/c1-2-16-35-20-14-10-18(11-15-20)31-25(33)22-23(17-8-12-21(13-9-17)36-27(28,29)30)32(37-24(22)26(31)34)19-6-4-3-5-7-19/h3-15,22-24H,2,16H2,1H3/t22-,23-,24-/m1/s1. The molecular formula is C27H23F3N2O5. The maximum atomic E-state index is 13.7. The third-order valence-electron chi connectivity index (χ3n) is 6.15. The van der Waals surface area contributed by atoms with Gasteiger partial charge in [-0.3, -0.25) is 14.4 Å². The number of anilines is 2. The van der Waals surface area contributed by atoms with Crippen molar-refractivity contribution in [3.63, 3.8) is 0 Å². The van der Waals surface area contributed by atoms with E-state index in [4.69, 9.17) is 9.57 Å². The lowest BCUT2D eigenvalue weighted by Crippen LogP contribution is -2.37. The minimum Gasteiger partial charge on any atom is -0.494 e. The van der Waals surface area contributed by atoms with Crippen LogP contribution in [0, 0.1) is 5.92 Å². The van der Waals surface area contributed by atoms with Crippen LogP contribution >= 0.6 is 0 Å². The Balaban J connectivity index is 1.47. The van der Waals surface area contributed by atoms with Gasteiger partial charge in [0.05, 0.1) is 24.0 Å². The van der Waals surface area contributed by atoms with Gasteiger partial charge >= 0.3 is 6.36 Å². The quantitative estimate of drug-likeness (QED) is 0.394. The molecule has 2 saturated heterocycles. The first-order chi connectivity index (χ1) is 17.8. The second-order valence-electron chi connectivity index (χ2n) is 8.63. The van der Waals surface area contributed by atoms with Gasteiger partial charge in [0, 0.05) is 0 Å². The zero-order valence-electron chi connectivity index (χ0n) is 19.7. The van der Waals surface area contributed by atoms with Crippen molar-refractivity contribution in [2.24, 2.45) is 5.92 Å². The molecule has 2 heterocycles. The molecule has 0 spiro atoms. The molecule has 3 atom stereocenters. The fourth-order valence-corrected chi connectivity index (χ4v) is 4.58. The zero-order valence-corrected chi connectivity index (χ0v) is 19.7. The molecule has 5 rings (SSSR count). The Bertz CT molecular complexity index is 1270. The Kier molecular flexibility index (Phi) is 6.51. The number of benzene rings is 3. The van der Waals surface area contributed by atoms with Gasteiger partial charge in [-0.2, -0.15) is 0 Å². The molecule has 0 aliphatic carbocycles. The number of imide groups is 1. The molecule has 3 aromatic carbocycles. The summed E-state index contributed by atoms with van der Waals surface area (Å²) in [6.45, 7) is 2.53. The second-order valence-corrected chi connectivity index (χ2v) is 8.63. The van der Waals surface area contributed by atoms with Crippen molar-refractivity contribution in [2.75, 3.05) is 16.6 Å². The number of rotatable bonds is 7. The molecule has 37 heavy (non-hydrogen) atoms. The van der Waals surface area contributed by atoms with Crippen LogP contribution in [0.15, 0.2) is 78.9 Å². The summed E-state index contributed by atoms with van der Waals surface area (Å²) >= 11 is 0. The van der Waals surface area contributed by atoms with Crippen molar-refractivity contribution in [3.8, 4) is 11.5 Å². The average Bonchev–Trinajstić information content (AvgIpc) is 3.39. The lowest BCUT2D eigenvalue weighted by Gasteiger charge is -2.29. The maximum Gasteiger partial charge on any atom is 0.573 e. The molecule has 2 aliphatic rings. The van der Waals surface area contributed by atoms with Crippen molar-refractivity contribution in [1.82, 2.24) is 0 Å².